The summed E-state index contributed by atoms with van der Waals surface area (Å²) in [5, 5.41) is 8.90. The Hall–Kier alpha value is -3.24. The fourth-order valence-electron chi connectivity index (χ4n) is 4.24. The van der Waals surface area contributed by atoms with Crippen molar-refractivity contribution in [1.82, 2.24) is 4.90 Å². The van der Waals surface area contributed by atoms with Gasteiger partial charge in [0.25, 0.3) is 0 Å². The highest BCUT2D eigenvalue weighted by Gasteiger charge is 2.39. The molecule has 2 aromatic carbocycles. The first kappa shape index (κ1) is 20.0. The number of nitrogens with one attached hydrogen (secondary N) is 1. The van der Waals surface area contributed by atoms with E-state index in [4.69, 9.17) is 5.26 Å². The minimum atomic E-state index is -0.445. The number of benzene rings is 2. The van der Waals surface area contributed by atoms with Crippen molar-refractivity contribution in [2.75, 3.05) is 37.6 Å². The van der Waals surface area contributed by atoms with Gasteiger partial charge in [0.05, 0.1) is 49.4 Å². The molecule has 2 aliphatic rings. The summed E-state index contributed by atoms with van der Waals surface area (Å²) in [6.45, 7) is 4.06. The number of para-hydroxylation sites is 1. The van der Waals surface area contributed by atoms with Crippen LogP contribution in [0.25, 0.3) is 0 Å². The zero-order valence-electron chi connectivity index (χ0n) is 16.7. The Balaban J connectivity index is 1.31. The Morgan fingerprint density at radius 2 is 1.83 bits per heavy atom. The van der Waals surface area contributed by atoms with Gasteiger partial charge in [-0.2, -0.15) is 5.26 Å². The van der Waals surface area contributed by atoms with Gasteiger partial charge >= 0.3 is 0 Å². The van der Waals surface area contributed by atoms with Crippen molar-refractivity contribution in [1.29, 1.82) is 5.26 Å². The molecule has 2 aromatic rings. The van der Waals surface area contributed by atoms with Crippen LogP contribution in [-0.2, 0) is 16.1 Å². The van der Waals surface area contributed by atoms with Crippen LogP contribution in [0.1, 0.15) is 17.5 Å². The summed E-state index contributed by atoms with van der Waals surface area (Å²) in [4.78, 5) is 30.0. The second-order valence-corrected chi connectivity index (χ2v) is 7.92. The van der Waals surface area contributed by atoms with Crippen LogP contribution < -0.4 is 9.80 Å². The molecule has 0 unspecified atom stereocenters. The van der Waals surface area contributed by atoms with Crippen LogP contribution in [0, 0.1) is 23.1 Å². The second kappa shape index (κ2) is 8.64. The van der Waals surface area contributed by atoms with Crippen LogP contribution in [0.3, 0.4) is 0 Å². The number of hydrogen-bond donors (Lipinski definition) is 1. The summed E-state index contributed by atoms with van der Waals surface area (Å²) in [5.74, 6) is -1.08. The monoisotopic (exact) mass is 407 g/mol. The van der Waals surface area contributed by atoms with Crippen molar-refractivity contribution in [3.8, 4) is 6.07 Å². The van der Waals surface area contributed by atoms with Gasteiger partial charge in [-0.15, -0.1) is 0 Å². The molecule has 0 saturated carbocycles. The third-order valence-corrected chi connectivity index (χ3v) is 5.94. The highest BCUT2D eigenvalue weighted by atomic mass is 19.1. The topological polar surface area (TPSA) is 68.8 Å². The van der Waals surface area contributed by atoms with E-state index in [-0.39, 0.29) is 30.5 Å². The number of nitriles is 1. The molecule has 2 heterocycles. The Labute approximate surface area is 175 Å². The number of nitrogens with zero attached hydrogens (tertiary/aromatic N) is 3. The van der Waals surface area contributed by atoms with Crippen molar-refractivity contribution < 1.29 is 18.9 Å². The molecule has 154 valence electrons. The van der Waals surface area contributed by atoms with Crippen LogP contribution in [-0.4, -0.2) is 49.4 Å². The Kier molecular flexibility index (Phi) is 5.77. The number of carbonyl (C=O) groups excluding carboxylic acids is 2. The number of halogens is 1. The molecule has 6 nitrogen and oxygen atoms in total. The number of anilines is 1. The molecule has 2 fully saturated rings. The maximum atomic E-state index is 14.1. The first-order chi connectivity index (χ1) is 14.5. The van der Waals surface area contributed by atoms with Gasteiger partial charge < -0.3 is 14.7 Å². The number of carbonyl (C=O) groups is 2. The normalized spacial score (nSPS) is 19.7. The standard InChI is InChI=1S/C23H23FN4O2/c24-20-3-1-2-4-21(20)28-16-19(13-22(28)29)23(30)27-11-9-26(10-12-27)15-18-7-5-17(14-25)6-8-18/h1-8,19H,9-13,15-16H2/p+1/t19-/m0/s1. The number of amides is 2. The fourth-order valence-corrected chi connectivity index (χ4v) is 4.24. The third kappa shape index (κ3) is 4.19. The highest BCUT2D eigenvalue weighted by Crippen LogP contribution is 2.28. The average molecular weight is 407 g/mol. The lowest BCUT2D eigenvalue weighted by molar-refractivity contribution is -0.917. The average Bonchev–Trinajstić information content (AvgIpc) is 3.16. The number of hydrogen-bond acceptors (Lipinski definition) is 3. The van der Waals surface area contributed by atoms with Gasteiger partial charge in [0.2, 0.25) is 11.8 Å². The smallest absolute Gasteiger partial charge is 0.228 e. The molecule has 0 aliphatic carbocycles. The Bertz CT molecular complexity index is 977. The number of rotatable bonds is 4. The van der Waals surface area contributed by atoms with Crippen LogP contribution in [0.15, 0.2) is 48.5 Å². The summed E-state index contributed by atoms with van der Waals surface area (Å²) < 4.78 is 14.1. The van der Waals surface area contributed by atoms with E-state index in [0.717, 1.165) is 19.6 Å². The molecule has 7 heteroatoms. The molecule has 2 amide bonds. The molecule has 1 N–H and O–H groups in total. The van der Waals surface area contributed by atoms with Crippen LogP contribution in [0.2, 0.25) is 0 Å². The first-order valence-electron chi connectivity index (χ1n) is 10.2. The van der Waals surface area contributed by atoms with Gasteiger partial charge in [-0.3, -0.25) is 9.59 Å². The molecule has 4 rings (SSSR count). The summed E-state index contributed by atoms with van der Waals surface area (Å²) in [6.07, 6.45) is 0.130. The van der Waals surface area contributed by atoms with E-state index in [1.165, 1.54) is 21.4 Å². The third-order valence-electron chi connectivity index (χ3n) is 5.94. The Morgan fingerprint density at radius 3 is 2.50 bits per heavy atom. The Morgan fingerprint density at radius 1 is 1.13 bits per heavy atom. The lowest BCUT2D eigenvalue weighted by atomic mass is 10.1. The summed E-state index contributed by atoms with van der Waals surface area (Å²) >= 11 is 0. The zero-order chi connectivity index (χ0) is 21.1. The summed E-state index contributed by atoms with van der Waals surface area (Å²) in [7, 11) is 0. The molecule has 0 bridgehead atoms. The van der Waals surface area contributed by atoms with E-state index in [2.05, 4.69) is 6.07 Å². The van der Waals surface area contributed by atoms with Crippen molar-refractivity contribution in [2.45, 2.75) is 13.0 Å². The minimum absolute atomic E-state index is 0.0142. The van der Waals surface area contributed by atoms with E-state index in [0.29, 0.717) is 18.7 Å². The fraction of sp³-hybridized carbons (Fsp3) is 0.348. The van der Waals surface area contributed by atoms with Crippen LogP contribution in [0.5, 0.6) is 0 Å². The predicted molar refractivity (Wildman–Crippen MR) is 109 cm³/mol. The van der Waals surface area contributed by atoms with Crippen molar-refractivity contribution in [3.05, 3.63) is 65.5 Å². The molecule has 0 aromatic heterocycles. The maximum Gasteiger partial charge on any atom is 0.228 e. The van der Waals surface area contributed by atoms with Gasteiger partial charge in [0.15, 0.2) is 0 Å². The quantitative estimate of drug-likeness (QED) is 0.822. The molecular formula is C23H24FN4O2+. The molecule has 2 aliphatic heterocycles. The largest absolute Gasteiger partial charge is 0.331 e. The van der Waals surface area contributed by atoms with Gasteiger partial charge in [-0.25, -0.2) is 4.39 Å². The summed E-state index contributed by atoms with van der Waals surface area (Å²) in [5.41, 5.74) is 2.07. The molecule has 0 radical (unpaired) electrons. The van der Waals surface area contributed by atoms with E-state index in [9.17, 15) is 14.0 Å². The van der Waals surface area contributed by atoms with E-state index in [1.54, 1.807) is 18.2 Å². The lowest BCUT2D eigenvalue weighted by Crippen LogP contribution is -3.13. The van der Waals surface area contributed by atoms with Crippen molar-refractivity contribution in [2.24, 2.45) is 5.92 Å². The number of quaternary nitrogens is 1. The molecule has 2 saturated heterocycles. The van der Waals surface area contributed by atoms with Gasteiger partial charge in [0, 0.05) is 18.5 Å². The van der Waals surface area contributed by atoms with Crippen LogP contribution >= 0.6 is 0 Å². The van der Waals surface area contributed by atoms with E-state index >= 15 is 0 Å². The van der Waals surface area contributed by atoms with Crippen molar-refractivity contribution in [3.63, 3.8) is 0 Å². The second-order valence-electron chi connectivity index (χ2n) is 7.92. The first-order valence-corrected chi connectivity index (χ1v) is 10.2. The van der Waals surface area contributed by atoms with Gasteiger partial charge in [0.1, 0.15) is 12.4 Å². The molecule has 0 spiro atoms. The van der Waals surface area contributed by atoms with Gasteiger partial charge in [-0.1, -0.05) is 24.3 Å². The van der Waals surface area contributed by atoms with E-state index < -0.39 is 11.7 Å². The zero-order valence-corrected chi connectivity index (χ0v) is 16.7. The molecule has 1 atom stereocenters. The van der Waals surface area contributed by atoms with Gasteiger partial charge in [-0.05, 0) is 24.3 Å². The number of piperazine rings is 1. The highest BCUT2D eigenvalue weighted by molar-refractivity contribution is 6.00. The van der Waals surface area contributed by atoms with Crippen molar-refractivity contribution >= 4 is 17.5 Å². The maximum absolute atomic E-state index is 14.1. The molecular weight excluding hydrogens is 383 g/mol. The molecule has 30 heavy (non-hydrogen) atoms. The van der Waals surface area contributed by atoms with Crippen LogP contribution in [0.4, 0.5) is 10.1 Å². The minimum Gasteiger partial charge on any atom is -0.331 e. The SMILES string of the molecule is N#Cc1ccc(C[NH+]2CCN(C(=O)[C@H]3CC(=O)N(c4ccccc4F)C3)CC2)cc1. The van der Waals surface area contributed by atoms with E-state index in [1.807, 2.05) is 29.2 Å². The summed E-state index contributed by atoms with van der Waals surface area (Å²) in [6, 6.07) is 15.9. The predicted octanol–water partition coefficient (Wildman–Crippen LogP) is 0.978. The lowest BCUT2D eigenvalue weighted by Gasteiger charge is -2.33.